The predicted octanol–water partition coefficient (Wildman–Crippen LogP) is 3.07. The van der Waals surface area contributed by atoms with E-state index in [0.717, 1.165) is 12.1 Å². The summed E-state index contributed by atoms with van der Waals surface area (Å²) in [6.45, 7) is 2.02. The molecule has 0 bridgehead atoms. The van der Waals surface area contributed by atoms with Gasteiger partial charge >= 0.3 is 0 Å². The molecule has 138 valence electrons. The molecule has 1 aliphatic rings. The average Bonchev–Trinajstić information content (AvgIpc) is 3.40. The minimum Gasteiger partial charge on any atom is -0.309 e. The van der Waals surface area contributed by atoms with Crippen LogP contribution in [0.4, 0.5) is 14.5 Å². The van der Waals surface area contributed by atoms with Crippen molar-refractivity contribution in [2.75, 3.05) is 11.4 Å². The van der Waals surface area contributed by atoms with Gasteiger partial charge in [0.25, 0.3) is 5.91 Å². The Morgan fingerprint density at radius 3 is 2.38 bits per heavy atom. The summed E-state index contributed by atoms with van der Waals surface area (Å²) in [5.74, 6) is -1.85. The van der Waals surface area contributed by atoms with E-state index in [2.05, 4.69) is 4.72 Å². The van der Waals surface area contributed by atoms with Crippen LogP contribution < -0.4 is 9.62 Å². The zero-order valence-electron chi connectivity index (χ0n) is 14.1. The minimum absolute atomic E-state index is 0.0359. The Bertz CT molecular complexity index is 926. The van der Waals surface area contributed by atoms with Crippen molar-refractivity contribution in [1.82, 2.24) is 4.72 Å². The van der Waals surface area contributed by atoms with Crippen molar-refractivity contribution in [3.63, 3.8) is 0 Å². The number of carbonyl (C=O) groups is 1. The van der Waals surface area contributed by atoms with Gasteiger partial charge in [-0.3, -0.25) is 4.79 Å². The average molecular weight is 380 g/mol. The molecule has 8 heteroatoms. The van der Waals surface area contributed by atoms with Gasteiger partial charge in [0, 0.05) is 23.8 Å². The summed E-state index contributed by atoms with van der Waals surface area (Å²) in [6, 6.07) is 8.42. The highest BCUT2D eigenvalue weighted by Gasteiger charge is 2.30. The Balaban J connectivity index is 1.93. The first-order valence-corrected chi connectivity index (χ1v) is 9.69. The predicted molar refractivity (Wildman–Crippen MR) is 93.5 cm³/mol. The first-order valence-electron chi connectivity index (χ1n) is 8.21. The number of anilines is 1. The van der Waals surface area contributed by atoms with Gasteiger partial charge in [-0.15, -0.1) is 0 Å². The van der Waals surface area contributed by atoms with Gasteiger partial charge in [0.2, 0.25) is 10.0 Å². The molecular weight excluding hydrogens is 362 g/mol. The SMILES string of the molecule is CCN(C(=O)c1ccc(F)c(S(=O)(=O)NC2CC2)c1)c1ccc(F)cc1. The van der Waals surface area contributed by atoms with Gasteiger partial charge in [-0.25, -0.2) is 21.9 Å². The summed E-state index contributed by atoms with van der Waals surface area (Å²) >= 11 is 0. The monoisotopic (exact) mass is 380 g/mol. The lowest BCUT2D eigenvalue weighted by Gasteiger charge is -2.21. The zero-order valence-corrected chi connectivity index (χ0v) is 14.9. The van der Waals surface area contributed by atoms with Crippen LogP contribution in [0.5, 0.6) is 0 Å². The summed E-state index contributed by atoms with van der Waals surface area (Å²) in [7, 11) is -4.03. The van der Waals surface area contributed by atoms with Crippen molar-refractivity contribution in [1.29, 1.82) is 0 Å². The molecule has 5 nitrogen and oxygen atoms in total. The van der Waals surface area contributed by atoms with E-state index >= 15 is 0 Å². The smallest absolute Gasteiger partial charge is 0.258 e. The van der Waals surface area contributed by atoms with E-state index in [9.17, 15) is 22.0 Å². The molecule has 2 aromatic rings. The minimum atomic E-state index is -4.03. The van der Waals surface area contributed by atoms with Crippen LogP contribution in [0.2, 0.25) is 0 Å². The lowest BCUT2D eigenvalue weighted by atomic mass is 10.1. The van der Waals surface area contributed by atoms with Crippen LogP contribution >= 0.6 is 0 Å². The molecule has 0 unspecified atom stereocenters. The molecule has 3 rings (SSSR count). The van der Waals surface area contributed by atoms with Crippen molar-refractivity contribution in [3.8, 4) is 0 Å². The molecule has 26 heavy (non-hydrogen) atoms. The van der Waals surface area contributed by atoms with Crippen molar-refractivity contribution in [3.05, 3.63) is 59.7 Å². The number of nitrogens with one attached hydrogen (secondary N) is 1. The maximum Gasteiger partial charge on any atom is 0.258 e. The van der Waals surface area contributed by atoms with Crippen LogP contribution in [0.3, 0.4) is 0 Å². The topological polar surface area (TPSA) is 66.5 Å². The van der Waals surface area contributed by atoms with Gasteiger partial charge in [0.05, 0.1) is 0 Å². The third-order valence-corrected chi connectivity index (χ3v) is 5.60. The first kappa shape index (κ1) is 18.5. The third kappa shape index (κ3) is 3.91. The molecule has 2 aromatic carbocycles. The second kappa shape index (κ2) is 7.13. The zero-order chi connectivity index (χ0) is 18.9. The van der Waals surface area contributed by atoms with Crippen LogP contribution in [-0.2, 0) is 10.0 Å². The van der Waals surface area contributed by atoms with E-state index in [0.29, 0.717) is 18.5 Å². The molecule has 1 aliphatic carbocycles. The van der Waals surface area contributed by atoms with Crippen molar-refractivity contribution in [2.45, 2.75) is 30.7 Å². The van der Waals surface area contributed by atoms with E-state index < -0.39 is 32.5 Å². The first-order chi connectivity index (χ1) is 12.3. The molecule has 0 aliphatic heterocycles. The molecule has 0 radical (unpaired) electrons. The van der Waals surface area contributed by atoms with E-state index in [4.69, 9.17) is 0 Å². The fraction of sp³-hybridized carbons (Fsp3) is 0.278. The lowest BCUT2D eigenvalue weighted by Crippen LogP contribution is -2.31. The Hall–Kier alpha value is -2.32. The Morgan fingerprint density at radius 1 is 1.15 bits per heavy atom. The molecule has 1 N–H and O–H groups in total. The molecular formula is C18H18F2N2O3S. The van der Waals surface area contributed by atoms with E-state index in [1.165, 1.54) is 35.2 Å². The van der Waals surface area contributed by atoms with Gasteiger partial charge in [-0.2, -0.15) is 0 Å². The third-order valence-electron chi connectivity index (χ3n) is 4.07. The summed E-state index contributed by atoms with van der Waals surface area (Å²) in [5, 5.41) is 0. The number of rotatable bonds is 6. The Kier molecular flexibility index (Phi) is 5.06. The quantitative estimate of drug-likeness (QED) is 0.838. The normalized spacial score (nSPS) is 14.3. The molecule has 0 spiro atoms. The Labute approximate surface area is 150 Å². The second-order valence-corrected chi connectivity index (χ2v) is 7.75. The van der Waals surface area contributed by atoms with E-state index in [1.807, 2.05) is 0 Å². The standard InChI is InChI=1S/C18H18F2N2O3S/c1-2-22(15-8-4-13(19)5-9-15)18(23)12-3-10-16(20)17(11-12)26(24,25)21-14-6-7-14/h3-5,8-11,14,21H,2,6-7H2,1H3. The molecule has 1 fully saturated rings. The van der Waals surface area contributed by atoms with E-state index in [-0.39, 0.29) is 18.2 Å². The number of sulfonamides is 1. The molecule has 0 saturated heterocycles. The highest BCUT2D eigenvalue weighted by molar-refractivity contribution is 7.89. The summed E-state index contributed by atoms with van der Waals surface area (Å²) in [6.07, 6.45) is 1.43. The molecule has 0 heterocycles. The van der Waals surface area contributed by atoms with Crippen LogP contribution in [0.25, 0.3) is 0 Å². The van der Waals surface area contributed by atoms with Crippen molar-refractivity contribution < 1.29 is 22.0 Å². The number of hydrogen-bond acceptors (Lipinski definition) is 3. The van der Waals surface area contributed by atoms with Crippen LogP contribution in [0, 0.1) is 11.6 Å². The van der Waals surface area contributed by atoms with Crippen molar-refractivity contribution in [2.24, 2.45) is 0 Å². The highest BCUT2D eigenvalue weighted by atomic mass is 32.2. The van der Waals surface area contributed by atoms with Gasteiger partial charge in [0.15, 0.2) is 0 Å². The van der Waals surface area contributed by atoms with Crippen LogP contribution in [0.1, 0.15) is 30.1 Å². The number of carbonyl (C=O) groups excluding carboxylic acids is 1. The summed E-state index contributed by atoms with van der Waals surface area (Å²) in [5.41, 5.74) is 0.498. The van der Waals surface area contributed by atoms with Gasteiger partial charge in [-0.05, 0) is 62.2 Å². The lowest BCUT2D eigenvalue weighted by molar-refractivity contribution is 0.0988. The van der Waals surface area contributed by atoms with Gasteiger partial charge in [-0.1, -0.05) is 0 Å². The van der Waals surface area contributed by atoms with E-state index in [1.54, 1.807) is 6.92 Å². The van der Waals surface area contributed by atoms with Gasteiger partial charge < -0.3 is 4.90 Å². The maximum absolute atomic E-state index is 14.1. The molecule has 0 atom stereocenters. The van der Waals surface area contributed by atoms with Gasteiger partial charge in [0.1, 0.15) is 16.5 Å². The van der Waals surface area contributed by atoms with Crippen LogP contribution in [0.15, 0.2) is 47.4 Å². The molecule has 0 aromatic heterocycles. The summed E-state index contributed by atoms with van der Waals surface area (Å²) < 4.78 is 54.2. The number of nitrogens with zero attached hydrogens (tertiary/aromatic N) is 1. The fourth-order valence-electron chi connectivity index (χ4n) is 2.55. The maximum atomic E-state index is 14.1. The highest BCUT2D eigenvalue weighted by Crippen LogP contribution is 2.25. The number of halogens is 2. The number of benzene rings is 2. The fourth-order valence-corrected chi connectivity index (χ4v) is 3.96. The molecule has 1 saturated carbocycles. The van der Waals surface area contributed by atoms with Crippen LogP contribution in [-0.4, -0.2) is 26.9 Å². The second-order valence-electron chi connectivity index (χ2n) is 6.07. The number of hydrogen-bond donors (Lipinski definition) is 1. The Morgan fingerprint density at radius 2 is 1.81 bits per heavy atom. The van der Waals surface area contributed by atoms with Crippen molar-refractivity contribution >= 4 is 21.6 Å². The number of amides is 1. The largest absolute Gasteiger partial charge is 0.309 e. The summed E-state index contributed by atoms with van der Waals surface area (Å²) in [4.78, 5) is 13.6. The molecule has 1 amide bonds.